The summed E-state index contributed by atoms with van der Waals surface area (Å²) in [4.78, 5) is 0. The van der Waals surface area contributed by atoms with Crippen molar-refractivity contribution in [3.05, 3.63) is 0 Å². The topological polar surface area (TPSA) is 0 Å². The van der Waals surface area contributed by atoms with Gasteiger partial charge in [0.25, 0.3) is 0 Å². The normalized spacial score (nSPS) is 0. The van der Waals surface area contributed by atoms with Crippen molar-refractivity contribution in [3.63, 3.8) is 0 Å². The van der Waals surface area contributed by atoms with E-state index in [9.17, 15) is 0 Å². The molecule has 0 rings (SSSR count). The minimum absolute atomic E-state index is 0. The Hall–Kier alpha value is 2.75. The number of hydrogen-bond acceptors (Lipinski definition) is 0. The van der Waals surface area contributed by atoms with Gasteiger partial charge in [-0.25, -0.2) is 0 Å². The molecule has 0 unspecified atom stereocenters. The van der Waals surface area contributed by atoms with E-state index >= 15 is 0 Å². The van der Waals surface area contributed by atoms with Gasteiger partial charge in [0, 0.05) is 0 Å². The fourth-order valence-electron chi connectivity index (χ4n) is 0. The van der Waals surface area contributed by atoms with Crippen LogP contribution in [0.5, 0.6) is 0 Å². The first kappa shape index (κ1) is 29.5. The Kier molecular flexibility index (Phi) is 127. The van der Waals surface area contributed by atoms with Gasteiger partial charge in [0.15, 0.2) is 0 Å². The van der Waals surface area contributed by atoms with E-state index in [4.69, 9.17) is 0 Å². The molecular weight excluding hydrogens is 456 g/mol. The summed E-state index contributed by atoms with van der Waals surface area (Å²) in [6, 6.07) is 0. The van der Waals surface area contributed by atoms with E-state index in [1.807, 2.05) is 0 Å². The van der Waals surface area contributed by atoms with E-state index in [0.717, 1.165) is 0 Å². The van der Waals surface area contributed by atoms with Gasteiger partial charge in [0.05, 0.1) is 0 Å². The predicted molar refractivity (Wildman–Crippen MR) is 5.75 cm³/mol. The molecular formula is AsI3. The Morgan fingerprint density at radius 1 is 0.500 bits per heavy atom. The maximum atomic E-state index is 0. The van der Waals surface area contributed by atoms with Crippen LogP contribution in [0.3, 0.4) is 0 Å². The molecule has 0 amide bonds. The van der Waals surface area contributed by atoms with Crippen molar-refractivity contribution in [1.82, 2.24) is 0 Å². The first-order chi connectivity index (χ1) is 0. The molecule has 0 aliphatic heterocycles. The minimum Gasteiger partial charge on any atom is -1.00 e. The van der Waals surface area contributed by atoms with Crippen molar-refractivity contribution in [1.29, 1.82) is 0 Å². The molecule has 0 bridgehead atoms. The molecule has 0 aromatic heterocycles. The van der Waals surface area contributed by atoms with Crippen LogP contribution in [0.1, 0.15) is 0 Å². The number of hydrogen-bond donors (Lipinski definition) is 0. The molecule has 0 heterocycles. The standard InChI is InChI=1S/As.3HI/h;3*1H/q+3;;;/p-3. The Labute approximate surface area is 88.2 Å². The van der Waals surface area contributed by atoms with Gasteiger partial charge in [0.1, 0.15) is 0 Å². The van der Waals surface area contributed by atoms with E-state index in [1.54, 1.807) is 0 Å². The Morgan fingerprint density at radius 3 is 0.500 bits per heavy atom. The molecule has 2 radical (unpaired) electrons. The molecule has 0 nitrogen and oxygen atoms in total. The maximum Gasteiger partial charge on any atom is 3.00 e. The van der Waals surface area contributed by atoms with E-state index < -0.39 is 0 Å². The third-order valence-electron chi connectivity index (χ3n) is 0. The van der Waals surface area contributed by atoms with Gasteiger partial charge in [0.2, 0.25) is 0 Å². The van der Waals surface area contributed by atoms with Gasteiger partial charge in [-0.15, -0.1) is 0 Å². The summed E-state index contributed by atoms with van der Waals surface area (Å²) in [5.74, 6) is 0. The van der Waals surface area contributed by atoms with Crippen molar-refractivity contribution >= 4 is 18.0 Å². The molecule has 0 spiro atoms. The van der Waals surface area contributed by atoms with Crippen molar-refractivity contribution in [2.45, 2.75) is 0 Å². The summed E-state index contributed by atoms with van der Waals surface area (Å²) < 4.78 is 0. The van der Waals surface area contributed by atoms with Crippen LogP contribution in [0.25, 0.3) is 0 Å². The first-order valence-electron chi connectivity index (χ1n) is 0. The average molecular weight is 456 g/mol. The molecule has 0 saturated carbocycles. The van der Waals surface area contributed by atoms with Crippen molar-refractivity contribution < 1.29 is 71.9 Å². The van der Waals surface area contributed by atoms with Crippen LogP contribution >= 0.6 is 0 Å². The summed E-state index contributed by atoms with van der Waals surface area (Å²) in [6.07, 6.45) is 0. The molecule has 0 aromatic carbocycles. The third-order valence-corrected chi connectivity index (χ3v) is 0. The summed E-state index contributed by atoms with van der Waals surface area (Å²) in [7, 11) is 0. The Balaban J connectivity index is 0. The second-order valence-electron chi connectivity index (χ2n) is 0. The molecule has 0 N–H and O–H groups in total. The Morgan fingerprint density at radius 2 is 0.500 bits per heavy atom. The second kappa shape index (κ2) is 17.2. The van der Waals surface area contributed by atoms with Crippen LogP contribution in [0, 0.1) is 0 Å². The second-order valence-corrected chi connectivity index (χ2v) is 0. The first-order valence-corrected chi connectivity index (χ1v) is 0. The Bertz CT molecular complexity index is 3.25. The van der Waals surface area contributed by atoms with E-state index in [2.05, 4.69) is 0 Å². The van der Waals surface area contributed by atoms with E-state index in [1.165, 1.54) is 0 Å². The van der Waals surface area contributed by atoms with Crippen LogP contribution in [-0.4, -0.2) is 18.0 Å². The van der Waals surface area contributed by atoms with Crippen molar-refractivity contribution in [2.24, 2.45) is 0 Å². The quantitative estimate of drug-likeness (QED) is 0.252. The fourth-order valence-corrected chi connectivity index (χ4v) is 0. The number of halogens is 3. The molecule has 0 aliphatic carbocycles. The summed E-state index contributed by atoms with van der Waals surface area (Å²) in [5, 5.41) is 0. The number of rotatable bonds is 0. The summed E-state index contributed by atoms with van der Waals surface area (Å²) in [6.45, 7) is 0. The van der Waals surface area contributed by atoms with Gasteiger partial charge in [-0.2, -0.15) is 0 Å². The zero-order valence-electron chi connectivity index (χ0n) is 1.58. The average Bonchev–Trinajstić information content (AvgIpc) is 0. The molecule has 4 heteroatoms. The molecule has 4 heavy (non-hydrogen) atoms. The fraction of sp³-hybridized carbons (Fsp3) is 0. The largest absolute Gasteiger partial charge is 3.00 e. The zero-order chi connectivity index (χ0) is 0. The third kappa shape index (κ3) is 8.83. The van der Waals surface area contributed by atoms with Gasteiger partial charge in [-0.05, 0) is 0 Å². The molecule has 0 aromatic rings. The monoisotopic (exact) mass is 456 g/mol. The van der Waals surface area contributed by atoms with Gasteiger partial charge in [-0.3, -0.25) is 0 Å². The summed E-state index contributed by atoms with van der Waals surface area (Å²) in [5.41, 5.74) is 0. The van der Waals surface area contributed by atoms with Gasteiger partial charge < -0.3 is 71.9 Å². The van der Waals surface area contributed by atoms with E-state index in [0.29, 0.717) is 0 Å². The van der Waals surface area contributed by atoms with Gasteiger partial charge in [-0.1, -0.05) is 0 Å². The predicted octanol–water partition coefficient (Wildman–Crippen LogP) is -9.37. The minimum atomic E-state index is 0. The molecule has 0 aliphatic rings. The molecule has 0 atom stereocenters. The van der Waals surface area contributed by atoms with Crippen molar-refractivity contribution in [3.8, 4) is 0 Å². The molecule has 0 fully saturated rings. The zero-order valence-corrected chi connectivity index (χ0v) is 9.93. The van der Waals surface area contributed by atoms with Crippen LogP contribution in [0.4, 0.5) is 0 Å². The van der Waals surface area contributed by atoms with E-state index in [-0.39, 0.29) is 89.9 Å². The van der Waals surface area contributed by atoms with Crippen LogP contribution in [0.2, 0.25) is 0 Å². The molecule has 26 valence electrons. The van der Waals surface area contributed by atoms with Gasteiger partial charge >= 0.3 is 18.0 Å². The smallest absolute Gasteiger partial charge is 1.00 e. The van der Waals surface area contributed by atoms with Crippen LogP contribution in [0.15, 0.2) is 0 Å². The summed E-state index contributed by atoms with van der Waals surface area (Å²) >= 11 is 0. The maximum absolute atomic E-state index is 0. The van der Waals surface area contributed by atoms with Crippen molar-refractivity contribution in [2.75, 3.05) is 0 Å². The molecule has 0 saturated heterocycles. The van der Waals surface area contributed by atoms with Crippen LogP contribution < -0.4 is 71.9 Å². The van der Waals surface area contributed by atoms with Crippen LogP contribution in [-0.2, 0) is 0 Å². The SMILES string of the molecule is [As+3].[I-].[I-].[I-].